The summed E-state index contributed by atoms with van der Waals surface area (Å²) in [6.07, 6.45) is 1.97. The number of fused-ring (bicyclic) bond motifs is 1. The molecule has 0 spiro atoms. The van der Waals surface area contributed by atoms with Crippen LogP contribution in [0, 0.1) is 0 Å². The molecule has 1 fully saturated rings. The highest BCUT2D eigenvalue weighted by Gasteiger charge is 2.36. The lowest BCUT2D eigenvalue weighted by molar-refractivity contribution is 0.0671. The van der Waals surface area contributed by atoms with Gasteiger partial charge in [0.1, 0.15) is 10.6 Å². The number of furan rings is 1. The molecule has 1 amide bonds. The molecule has 1 aromatic carbocycles. The Morgan fingerprint density at radius 1 is 1.27 bits per heavy atom. The van der Waals surface area contributed by atoms with E-state index in [1.807, 2.05) is 24.3 Å². The summed E-state index contributed by atoms with van der Waals surface area (Å²) < 4.78 is 30.2. The van der Waals surface area contributed by atoms with E-state index >= 15 is 0 Å². The molecule has 136 valence electrons. The molecular weight excluding hydrogens is 394 g/mol. The van der Waals surface area contributed by atoms with Crippen molar-refractivity contribution in [3.63, 3.8) is 0 Å². The van der Waals surface area contributed by atoms with E-state index in [0.717, 1.165) is 10.1 Å². The van der Waals surface area contributed by atoms with Crippen molar-refractivity contribution in [2.75, 3.05) is 11.5 Å². The van der Waals surface area contributed by atoms with Crippen LogP contribution in [-0.4, -0.2) is 36.8 Å². The fourth-order valence-corrected chi connectivity index (χ4v) is 6.44. The lowest BCUT2D eigenvalue weighted by atomic mass is 10.2. The molecule has 2 aromatic heterocycles. The van der Waals surface area contributed by atoms with E-state index in [0.29, 0.717) is 22.1 Å². The molecular formula is C18H16ClNO4S2. The van der Waals surface area contributed by atoms with E-state index in [-0.39, 0.29) is 30.0 Å². The molecule has 1 aliphatic rings. The van der Waals surface area contributed by atoms with Gasteiger partial charge in [0.15, 0.2) is 9.84 Å². The highest BCUT2D eigenvalue weighted by atomic mass is 35.5. The van der Waals surface area contributed by atoms with Crippen molar-refractivity contribution >= 4 is 48.8 Å². The molecule has 0 saturated carbocycles. The molecule has 0 radical (unpaired) electrons. The Morgan fingerprint density at radius 3 is 2.73 bits per heavy atom. The van der Waals surface area contributed by atoms with Gasteiger partial charge in [-0.1, -0.05) is 29.8 Å². The molecule has 0 bridgehead atoms. The minimum atomic E-state index is -3.12. The molecule has 0 aliphatic carbocycles. The second-order valence-corrected chi connectivity index (χ2v) is 9.97. The van der Waals surface area contributed by atoms with Crippen molar-refractivity contribution in [3.05, 3.63) is 58.3 Å². The molecule has 0 unspecified atom stereocenters. The predicted octanol–water partition coefficient (Wildman–Crippen LogP) is 3.98. The first kappa shape index (κ1) is 17.6. The van der Waals surface area contributed by atoms with E-state index < -0.39 is 9.84 Å². The van der Waals surface area contributed by atoms with Crippen LogP contribution < -0.4 is 0 Å². The van der Waals surface area contributed by atoms with Gasteiger partial charge in [0.05, 0.1) is 29.3 Å². The number of benzene rings is 1. The van der Waals surface area contributed by atoms with E-state index in [1.54, 1.807) is 17.0 Å². The van der Waals surface area contributed by atoms with Crippen LogP contribution in [0.4, 0.5) is 0 Å². The molecule has 3 heterocycles. The number of halogens is 1. The van der Waals surface area contributed by atoms with Gasteiger partial charge in [-0.05, 0) is 24.6 Å². The van der Waals surface area contributed by atoms with Crippen LogP contribution in [0.3, 0.4) is 0 Å². The minimum Gasteiger partial charge on any atom is -0.467 e. The molecule has 1 saturated heterocycles. The minimum absolute atomic E-state index is 0.0258. The van der Waals surface area contributed by atoms with E-state index in [2.05, 4.69) is 0 Å². The zero-order chi connectivity index (χ0) is 18.3. The summed E-state index contributed by atoms with van der Waals surface area (Å²) in [6, 6.07) is 10.7. The highest BCUT2D eigenvalue weighted by Crippen LogP contribution is 2.37. The van der Waals surface area contributed by atoms with Crippen LogP contribution in [0.15, 0.2) is 47.1 Å². The van der Waals surface area contributed by atoms with Crippen LogP contribution in [-0.2, 0) is 16.4 Å². The molecule has 4 rings (SSSR count). The van der Waals surface area contributed by atoms with Crippen molar-refractivity contribution < 1.29 is 17.6 Å². The van der Waals surface area contributed by atoms with Crippen molar-refractivity contribution in [2.45, 2.75) is 19.0 Å². The average Bonchev–Trinajstić information content (AvgIpc) is 3.32. The third-order valence-corrected chi connectivity index (χ3v) is 7.96. The Kier molecular flexibility index (Phi) is 4.54. The van der Waals surface area contributed by atoms with Crippen LogP contribution in [0.1, 0.15) is 21.9 Å². The van der Waals surface area contributed by atoms with E-state index in [1.165, 1.54) is 17.6 Å². The van der Waals surface area contributed by atoms with Crippen molar-refractivity contribution in [1.29, 1.82) is 0 Å². The number of carbonyl (C=O) groups is 1. The predicted molar refractivity (Wildman–Crippen MR) is 102 cm³/mol. The number of rotatable bonds is 4. The first-order valence-electron chi connectivity index (χ1n) is 8.15. The Labute approximate surface area is 160 Å². The number of nitrogens with zero attached hydrogens (tertiary/aromatic N) is 1. The van der Waals surface area contributed by atoms with Crippen LogP contribution >= 0.6 is 22.9 Å². The fraction of sp³-hybridized carbons (Fsp3) is 0.278. The fourth-order valence-electron chi connectivity index (χ4n) is 3.24. The van der Waals surface area contributed by atoms with E-state index in [4.69, 9.17) is 16.0 Å². The molecule has 0 N–H and O–H groups in total. The summed E-state index contributed by atoms with van der Waals surface area (Å²) >= 11 is 7.79. The van der Waals surface area contributed by atoms with Crippen LogP contribution in [0.5, 0.6) is 0 Å². The summed E-state index contributed by atoms with van der Waals surface area (Å²) in [5.74, 6) is 0.427. The summed E-state index contributed by atoms with van der Waals surface area (Å²) in [5, 5.41) is 1.25. The van der Waals surface area contributed by atoms with Gasteiger partial charge in [0.25, 0.3) is 5.91 Å². The zero-order valence-electron chi connectivity index (χ0n) is 13.7. The molecule has 1 atom stereocenters. The molecule has 8 heteroatoms. The molecule has 1 aliphatic heterocycles. The van der Waals surface area contributed by atoms with Crippen molar-refractivity contribution in [1.82, 2.24) is 4.90 Å². The number of hydrogen-bond acceptors (Lipinski definition) is 5. The molecule has 3 aromatic rings. The van der Waals surface area contributed by atoms with Crippen LogP contribution in [0.25, 0.3) is 10.1 Å². The van der Waals surface area contributed by atoms with Gasteiger partial charge in [-0.15, -0.1) is 11.3 Å². The zero-order valence-corrected chi connectivity index (χ0v) is 16.1. The van der Waals surface area contributed by atoms with Crippen LogP contribution in [0.2, 0.25) is 5.02 Å². The average molecular weight is 410 g/mol. The maximum atomic E-state index is 13.3. The number of sulfone groups is 1. The normalized spacial score (nSPS) is 19.0. The van der Waals surface area contributed by atoms with Gasteiger partial charge in [-0.3, -0.25) is 4.79 Å². The lowest BCUT2D eigenvalue weighted by Gasteiger charge is -2.27. The third kappa shape index (κ3) is 3.26. The van der Waals surface area contributed by atoms with Gasteiger partial charge >= 0.3 is 0 Å². The number of amides is 1. The number of thiophene rings is 1. The summed E-state index contributed by atoms with van der Waals surface area (Å²) in [6.45, 7) is 0.219. The molecule has 26 heavy (non-hydrogen) atoms. The maximum Gasteiger partial charge on any atom is 0.266 e. The second kappa shape index (κ2) is 6.72. The highest BCUT2D eigenvalue weighted by molar-refractivity contribution is 7.91. The quantitative estimate of drug-likeness (QED) is 0.653. The molecule has 5 nitrogen and oxygen atoms in total. The SMILES string of the molecule is O=C(c1sc2ccccc2c1Cl)N(Cc1ccco1)[C@@H]1CCS(=O)(=O)C1. The summed E-state index contributed by atoms with van der Waals surface area (Å²) in [4.78, 5) is 15.3. The van der Waals surface area contributed by atoms with Gasteiger partial charge in [-0.2, -0.15) is 0 Å². The van der Waals surface area contributed by atoms with Gasteiger partial charge in [-0.25, -0.2) is 8.42 Å². The Bertz CT molecular complexity index is 1060. The van der Waals surface area contributed by atoms with E-state index in [9.17, 15) is 13.2 Å². The number of hydrogen-bond donors (Lipinski definition) is 0. The van der Waals surface area contributed by atoms with Gasteiger partial charge < -0.3 is 9.32 Å². The Balaban J connectivity index is 1.72. The summed E-state index contributed by atoms with van der Waals surface area (Å²) in [7, 11) is -3.12. The second-order valence-electron chi connectivity index (χ2n) is 6.31. The van der Waals surface area contributed by atoms with Gasteiger partial charge in [0.2, 0.25) is 0 Å². The largest absolute Gasteiger partial charge is 0.467 e. The first-order valence-corrected chi connectivity index (χ1v) is 11.2. The third-order valence-electron chi connectivity index (χ3n) is 4.55. The summed E-state index contributed by atoms with van der Waals surface area (Å²) in [5.41, 5.74) is 0. The standard InChI is InChI=1S/C18H16ClNO4S2/c19-16-14-5-1-2-6-15(14)25-17(16)18(21)20(10-13-4-3-8-24-13)12-7-9-26(22,23)11-12/h1-6,8,12H,7,9-11H2/t12-/m1/s1. The smallest absolute Gasteiger partial charge is 0.266 e. The monoisotopic (exact) mass is 409 g/mol. The Hall–Kier alpha value is -1.83. The van der Waals surface area contributed by atoms with Crippen molar-refractivity contribution in [3.8, 4) is 0 Å². The topological polar surface area (TPSA) is 67.6 Å². The lowest BCUT2D eigenvalue weighted by Crippen LogP contribution is -2.40. The van der Waals surface area contributed by atoms with Crippen molar-refractivity contribution in [2.24, 2.45) is 0 Å². The van der Waals surface area contributed by atoms with Gasteiger partial charge in [0, 0.05) is 16.1 Å². The maximum absolute atomic E-state index is 13.3. The first-order chi connectivity index (χ1) is 12.4. The Morgan fingerprint density at radius 2 is 2.08 bits per heavy atom. The number of carbonyl (C=O) groups excluding carboxylic acids is 1.